The van der Waals surface area contributed by atoms with Crippen molar-refractivity contribution in [1.82, 2.24) is 0 Å². The molecule has 4 N–H and O–H groups in total. The molecule has 0 bridgehead atoms. The summed E-state index contributed by atoms with van der Waals surface area (Å²) in [5, 5.41) is 17.4. The summed E-state index contributed by atoms with van der Waals surface area (Å²) < 4.78 is 13.7. The highest BCUT2D eigenvalue weighted by molar-refractivity contribution is 5.90. The average Bonchev–Trinajstić information content (AvgIpc) is 2.40. The van der Waals surface area contributed by atoms with Gasteiger partial charge >= 0.3 is 11.9 Å². The van der Waals surface area contributed by atoms with Gasteiger partial charge in [-0.15, -0.1) is 0 Å². The molecule has 0 aromatic rings. The second kappa shape index (κ2) is 2.25. The summed E-state index contributed by atoms with van der Waals surface area (Å²) in [5.74, 6) is -4.77. The smallest absolute Gasteiger partial charge is 0.343 e. The highest BCUT2D eigenvalue weighted by atomic mass is 19.1. The van der Waals surface area contributed by atoms with Crippen LogP contribution in [0.1, 0.15) is 12.8 Å². The van der Waals surface area contributed by atoms with Crippen LogP contribution in [0.25, 0.3) is 0 Å². The Morgan fingerprint density at radius 1 is 1.36 bits per heavy atom. The molecule has 0 radical (unpaired) electrons. The molecule has 4 unspecified atom stereocenters. The summed E-state index contributed by atoms with van der Waals surface area (Å²) in [5.41, 5.74) is 1.32. The Balaban J connectivity index is 2.34. The number of fused-ring (bicyclic) bond motifs is 1. The van der Waals surface area contributed by atoms with Crippen molar-refractivity contribution in [2.45, 2.75) is 24.0 Å². The minimum absolute atomic E-state index is 0.232. The summed E-state index contributed by atoms with van der Waals surface area (Å²) in [7, 11) is 0. The molecule has 0 amide bonds. The number of carboxylic acid groups (broad SMARTS) is 2. The monoisotopic (exact) mass is 203 g/mol. The van der Waals surface area contributed by atoms with E-state index in [0.717, 1.165) is 0 Å². The maximum Gasteiger partial charge on any atom is 0.343 e. The number of carbonyl (C=O) groups is 2. The number of rotatable bonds is 2. The second-order valence-electron chi connectivity index (χ2n) is 3.97. The molecule has 4 atom stereocenters. The molecule has 0 aromatic heterocycles. The van der Waals surface area contributed by atoms with Gasteiger partial charge in [0.2, 0.25) is 5.67 Å². The molecular weight excluding hydrogens is 193 g/mol. The van der Waals surface area contributed by atoms with Gasteiger partial charge in [0.15, 0.2) is 0 Å². The van der Waals surface area contributed by atoms with Gasteiger partial charge in [0.05, 0.1) is 11.5 Å². The third kappa shape index (κ3) is 0.694. The minimum atomic E-state index is -2.53. The molecule has 2 aliphatic carbocycles. The Labute approximate surface area is 78.7 Å². The molecule has 0 aliphatic heterocycles. The molecule has 0 aromatic carbocycles. The van der Waals surface area contributed by atoms with Crippen LogP contribution in [0.4, 0.5) is 4.39 Å². The van der Waals surface area contributed by atoms with Gasteiger partial charge < -0.3 is 15.9 Å². The molecule has 2 saturated carbocycles. The van der Waals surface area contributed by atoms with E-state index >= 15 is 0 Å². The molecule has 2 rings (SSSR count). The van der Waals surface area contributed by atoms with E-state index in [4.69, 9.17) is 15.9 Å². The van der Waals surface area contributed by atoms with Crippen molar-refractivity contribution >= 4 is 11.9 Å². The first-order valence-corrected chi connectivity index (χ1v) is 4.30. The van der Waals surface area contributed by atoms with Crippen LogP contribution in [-0.4, -0.2) is 33.4 Å². The second-order valence-corrected chi connectivity index (χ2v) is 3.97. The summed E-state index contributed by atoms with van der Waals surface area (Å²) >= 11 is 0. The van der Waals surface area contributed by atoms with E-state index in [-0.39, 0.29) is 12.8 Å². The number of alkyl halides is 1. The number of aliphatic carboxylic acids is 2. The van der Waals surface area contributed by atoms with Gasteiger partial charge in [-0.05, 0) is 12.8 Å². The molecule has 0 saturated heterocycles. The lowest BCUT2D eigenvalue weighted by atomic mass is 9.94. The SMILES string of the molecule is NC12C(C(=O)O)CCC1C2(F)C(=O)O. The van der Waals surface area contributed by atoms with Crippen LogP contribution in [0.2, 0.25) is 0 Å². The molecule has 6 heteroatoms. The zero-order valence-corrected chi connectivity index (χ0v) is 7.24. The number of halogens is 1. The summed E-state index contributed by atoms with van der Waals surface area (Å²) in [4.78, 5) is 21.3. The standard InChI is InChI=1S/C8H10FNO4/c9-7(6(13)14)4-2-1-3(5(11)12)8(4,7)10/h3-4H,1-2,10H2,(H,11,12)(H,13,14). The fourth-order valence-corrected chi connectivity index (χ4v) is 2.73. The van der Waals surface area contributed by atoms with Crippen molar-refractivity contribution < 1.29 is 24.2 Å². The van der Waals surface area contributed by atoms with Crippen LogP contribution in [0.15, 0.2) is 0 Å². The van der Waals surface area contributed by atoms with Crippen LogP contribution in [-0.2, 0) is 9.59 Å². The topological polar surface area (TPSA) is 101 Å². The van der Waals surface area contributed by atoms with Crippen LogP contribution in [0.5, 0.6) is 0 Å². The number of nitrogens with two attached hydrogens (primary N) is 1. The quantitative estimate of drug-likeness (QED) is 0.567. The minimum Gasteiger partial charge on any atom is -0.481 e. The zero-order chi connectivity index (χ0) is 10.7. The van der Waals surface area contributed by atoms with Crippen LogP contribution in [0, 0.1) is 11.8 Å². The van der Waals surface area contributed by atoms with Gasteiger partial charge in [-0.2, -0.15) is 0 Å². The number of carboxylic acids is 2. The molecule has 0 spiro atoms. The van der Waals surface area contributed by atoms with Crippen molar-refractivity contribution in [2.24, 2.45) is 17.6 Å². The van der Waals surface area contributed by atoms with Gasteiger partial charge in [0.1, 0.15) is 0 Å². The fraction of sp³-hybridized carbons (Fsp3) is 0.750. The summed E-state index contributed by atoms with van der Waals surface area (Å²) in [6, 6.07) is 0. The van der Waals surface area contributed by atoms with Crippen LogP contribution >= 0.6 is 0 Å². The van der Waals surface area contributed by atoms with E-state index in [1.807, 2.05) is 0 Å². The predicted molar refractivity (Wildman–Crippen MR) is 42.2 cm³/mol. The fourth-order valence-electron chi connectivity index (χ4n) is 2.73. The van der Waals surface area contributed by atoms with Crippen LogP contribution in [0.3, 0.4) is 0 Å². The molecule has 2 aliphatic rings. The Kier molecular flexibility index (Phi) is 1.51. The molecule has 2 fully saturated rings. The highest BCUT2D eigenvalue weighted by Crippen LogP contribution is 2.67. The lowest BCUT2D eigenvalue weighted by molar-refractivity contribution is -0.149. The van der Waals surface area contributed by atoms with E-state index in [2.05, 4.69) is 0 Å². The first-order chi connectivity index (χ1) is 6.36. The number of hydrogen-bond donors (Lipinski definition) is 3. The van der Waals surface area contributed by atoms with Gasteiger partial charge in [-0.25, -0.2) is 9.18 Å². The zero-order valence-electron chi connectivity index (χ0n) is 7.24. The third-order valence-corrected chi connectivity index (χ3v) is 3.53. The Bertz CT molecular complexity index is 333. The van der Waals surface area contributed by atoms with Crippen molar-refractivity contribution in [3.05, 3.63) is 0 Å². The van der Waals surface area contributed by atoms with Gasteiger partial charge in [-0.3, -0.25) is 4.79 Å². The molecule has 78 valence electrons. The lowest BCUT2D eigenvalue weighted by Crippen LogP contribution is -2.46. The first-order valence-electron chi connectivity index (χ1n) is 4.30. The van der Waals surface area contributed by atoms with E-state index in [0.29, 0.717) is 0 Å². The number of hydrogen-bond acceptors (Lipinski definition) is 3. The Morgan fingerprint density at radius 3 is 2.29 bits per heavy atom. The van der Waals surface area contributed by atoms with E-state index in [9.17, 15) is 14.0 Å². The molecule has 5 nitrogen and oxygen atoms in total. The maximum atomic E-state index is 13.7. The summed E-state index contributed by atoms with van der Waals surface area (Å²) in [6.45, 7) is 0. The first kappa shape index (κ1) is 9.39. The van der Waals surface area contributed by atoms with Crippen molar-refractivity contribution in [2.75, 3.05) is 0 Å². The van der Waals surface area contributed by atoms with E-state index in [1.165, 1.54) is 0 Å². The predicted octanol–water partition coefficient (Wildman–Crippen LogP) is -0.399. The van der Waals surface area contributed by atoms with E-state index in [1.54, 1.807) is 0 Å². The molecule has 0 heterocycles. The Morgan fingerprint density at radius 2 is 1.93 bits per heavy atom. The van der Waals surface area contributed by atoms with Crippen molar-refractivity contribution in [3.63, 3.8) is 0 Å². The van der Waals surface area contributed by atoms with Crippen LogP contribution < -0.4 is 5.73 Å². The summed E-state index contributed by atoms with van der Waals surface area (Å²) in [6.07, 6.45) is 0.492. The Hall–Kier alpha value is -1.17. The van der Waals surface area contributed by atoms with E-state index < -0.39 is 35.0 Å². The van der Waals surface area contributed by atoms with Gasteiger partial charge in [-0.1, -0.05) is 0 Å². The largest absolute Gasteiger partial charge is 0.481 e. The normalized spacial score (nSPS) is 49.9. The molecular formula is C8H10FNO4. The van der Waals surface area contributed by atoms with Crippen molar-refractivity contribution in [3.8, 4) is 0 Å². The van der Waals surface area contributed by atoms with Gasteiger partial charge in [0, 0.05) is 5.92 Å². The highest BCUT2D eigenvalue weighted by Gasteiger charge is 2.87. The molecule has 14 heavy (non-hydrogen) atoms. The maximum absolute atomic E-state index is 13.7. The average molecular weight is 203 g/mol. The van der Waals surface area contributed by atoms with Gasteiger partial charge in [0.25, 0.3) is 0 Å². The lowest BCUT2D eigenvalue weighted by Gasteiger charge is -2.18. The third-order valence-electron chi connectivity index (χ3n) is 3.53. The van der Waals surface area contributed by atoms with Crippen molar-refractivity contribution in [1.29, 1.82) is 0 Å².